The van der Waals surface area contributed by atoms with Crippen molar-refractivity contribution in [3.8, 4) is 22.5 Å². The molecule has 5 rings (SSSR count). The van der Waals surface area contributed by atoms with E-state index in [1.807, 2.05) is 37.4 Å². The van der Waals surface area contributed by atoms with E-state index >= 15 is 0 Å². The highest BCUT2D eigenvalue weighted by molar-refractivity contribution is 5.80. The fourth-order valence-electron chi connectivity index (χ4n) is 4.14. The first-order chi connectivity index (χ1) is 20.3. The SMILES string of the molecule is CNc1ccc(CNCc2cccc(-c3ccc(-c4nc5ccc(C(F)(F)F)cc5[nH]4)cc3)c2)cc1.O=C(O)C(F)(F)F. The van der Waals surface area contributed by atoms with Crippen LogP contribution < -0.4 is 10.6 Å². The minimum atomic E-state index is -5.08. The number of fused-ring (bicyclic) bond motifs is 1. The number of imidazole rings is 1. The largest absolute Gasteiger partial charge is 0.490 e. The van der Waals surface area contributed by atoms with Gasteiger partial charge < -0.3 is 20.7 Å². The maximum Gasteiger partial charge on any atom is 0.490 e. The van der Waals surface area contributed by atoms with Gasteiger partial charge in [-0.25, -0.2) is 9.78 Å². The van der Waals surface area contributed by atoms with Crippen molar-refractivity contribution in [1.82, 2.24) is 15.3 Å². The van der Waals surface area contributed by atoms with E-state index in [1.165, 1.54) is 17.2 Å². The smallest absolute Gasteiger partial charge is 0.475 e. The average molecular weight is 601 g/mol. The number of carbonyl (C=O) groups is 1. The normalized spacial score (nSPS) is 11.6. The molecule has 0 unspecified atom stereocenters. The monoisotopic (exact) mass is 600 g/mol. The van der Waals surface area contributed by atoms with E-state index in [0.717, 1.165) is 47.6 Å². The zero-order valence-corrected chi connectivity index (χ0v) is 22.6. The molecule has 0 fully saturated rings. The maximum atomic E-state index is 13.0. The Hall–Kier alpha value is -4.84. The third-order valence-corrected chi connectivity index (χ3v) is 6.37. The van der Waals surface area contributed by atoms with Crippen molar-refractivity contribution in [3.05, 3.63) is 108 Å². The van der Waals surface area contributed by atoms with Crippen LogP contribution in [0.4, 0.5) is 32.0 Å². The predicted octanol–water partition coefficient (Wildman–Crippen LogP) is 7.88. The van der Waals surface area contributed by atoms with Crippen LogP contribution in [0, 0.1) is 0 Å². The highest BCUT2D eigenvalue weighted by atomic mass is 19.4. The van der Waals surface area contributed by atoms with Crippen molar-refractivity contribution in [1.29, 1.82) is 0 Å². The molecule has 4 N–H and O–H groups in total. The fourth-order valence-corrected chi connectivity index (χ4v) is 4.14. The summed E-state index contributed by atoms with van der Waals surface area (Å²) < 4.78 is 70.8. The predicted molar refractivity (Wildman–Crippen MR) is 152 cm³/mol. The number of alkyl halides is 6. The number of carboxylic acids is 1. The van der Waals surface area contributed by atoms with Gasteiger partial charge in [0.05, 0.1) is 16.6 Å². The molecule has 0 spiro atoms. The number of H-pyrrole nitrogens is 1. The van der Waals surface area contributed by atoms with Crippen LogP contribution >= 0.6 is 0 Å². The Labute approximate surface area is 242 Å². The first kappa shape index (κ1) is 31.1. The summed E-state index contributed by atoms with van der Waals surface area (Å²) in [6, 6.07) is 28.1. The second-order valence-electron chi connectivity index (χ2n) is 9.45. The van der Waals surface area contributed by atoms with Crippen molar-refractivity contribution >= 4 is 22.7 Å². The van der Waals surface area contributed by atoms with E-state index in [9.17, 15) is 26.3 Å². The lowest BCUT2D eigenvalue weighted by Gasteiger charge is -2.09. The van der Waals surface area contributed by atoms with Crippen LogP contribution in [0.1, 0.15) is 16.7 Å². The third kappa shape index (κ3) is 8.35. The van der Waals surface area contributed by atoms with Gasteiger partial charge in [-0.1, -0.05) is 54.6 Å². The number of hydrogen-bond donors (Lipinski definition) is 4. The number of rotatable bonds is 7. The van der Waals surface area contributed by atoms with E-state index in [-0.39, 0.29) is 0 Å². The Morgan fingerprint density at radius 3 is 2.02 bits per heavy atom. The van der Waals surface area contributed by atoms with Crippen molar-refractivity contribution < 1.29 is 36.2 Å². The number of anilines is 1. The average Bonchev–Trinajstić information content (AvgIpc) is 3.41. The number of nitrogens with zero attached hydrogens (tertiary/aromatic N) is 1. The molecule has 0 aliphatic carbocycles. The van der Waals surface area contributed by atoms with Gasteiger partial charge in [-0.05, 0) is 58.7 Å². The van der Waals surface area contributed by atoms with E-state index in [1.54, 1.807) is 0 Å². The molecule has 1 heterocycles. The van der Waals surface area contributed by atoms with Crippen LogP contribution in [-0.2, 0) is 24.1 Å². The molecule has 224 valence electrons. The molecule has 4 aromatic carbocycles. The van der Waals surface area contributed by atoms with Gasteiger partial charge in [0.1, 0.15) is 5.82 Å². The van der Waals surface area contributed by atoms with Crippen LogP contribution in [0.15, 0.2) is 91.0 Å². The van der Waals surface area contributed by atoms with E-state index in [0.29, 0.717) is 16.9 Å². The second kappa shape index (κ2) is 13.0. The number of aliphatic carboxylic acids is 1. The zero-order chi connectivity index (χ0) is 31.2. The van der Waals surface area contributed by atoms with Crippen molar-refractivity contribution in [2.75, 3.05) is 12.4 Å². The molecule has 0 radical (unpaired) electrons. The molecule has 0 saturated heterocycles. The minimum absolute atomic E-state index is 0.363. The number of nitrogens with one attached hydrogen (secondary N) is 3. The highest BCUT2D eigenvalue weighted by Gasteiger charge is 2.38. The van der Waals surface area contributed by atoms with Crippen molar-refractivity contribution in [2.45, 2.75) is 25.4 Å². The highest BCUT2D eigenvalue weighted by Crippen LogP contribution is 2.32. The van der Waals surface area contributed by atoms with Gasteiger partial charge in [0.2, 0.25) is 0 Å². The molecule has 0 bridgehead atoms. The van der Waals surface area contributed by atoms with E-state index in [4.69, 9.17) is 9.90 Å². The Morgan fingerprint density at radius 1 is 0.791 bits per heavy atom. The zero-order valence-electron chi connectivity index (χ0n) is 22.6. The molecule has 0 aliphatic heterocycles. The third-order valence-electron chi connectivity index (χ3n) is 6.37. The molecule has 43 heavy (non-hydrogen) atoms. The van der Waals surface area contributed by atoms with Crippen LogP contribution in [-0.4, -0.2) is 34.3 Å². The van der Waals surface area contributed by atoms with Crippen LogP contribution in [0.25, 0.3) is 33.5 Å². The summed E-state index contributed by atoms with van der Waals surface area (Å²) >= 11 is 0. The van der Waals surface area contributed by atoms with Gasteiger partial charge in [0.15, 0.2) is 0 Å². The van der Waals surface area contributed by atoms with Gasteiger partial charge in [-0.15, -0.1) is 0 Å². The van der Waals surface area contributed by atoms with Crippen LogP contribution in [0.3, 0.4) is 0 Å². The molecule has 0 saturated carbocycles. The molecule has 0 amide bonds. The van der Waals surface area contributed by atoms with Gasteiger partial charge in [0, 0.05) is 31.4 Å². The van der Waals surface area contributed by atoms with Gasteiger partial charge in [-0.3, -0.25) is 0 Å². The number of hydrogen-bond acceptors (Lipinski definition) is 4. The lowest BCUT2D eigenvalue weighted by Crippen LogP contribution is -2.21. The Kier molecular flexibility index (Phi) is 9.40. The molecule has 12 heteroatoms. The van der Waals surface area contributed by atoms with Crippen LogP contribution in [0.5, 0.6) is 0 Å². The van der Waals surface area contributed by atoms with Gasteiger partial charge >= 0.3 is 18.3 Å². The van der Waals surface area contributed by atoms with Crippen molar-refractivity contribution in [3.63, 3.8) is 0 Å². The summed E-state index contributed by atoms with van der Waals surface area (Å²) in [4.78, 5) is 16.4. The van der Waals surface area contributed by atoms with E-state index in [2.05, 4.69) is 63.1 Å². The summed E-state index contributed by atoms with van der Waals surface area (Å²) in [5.41, 5.74) is 6.63. The number of aromatic amines is 1. The number of aromatic nitrogens is 2. The quantitative estimate of drug-likeness (QED) is 0.143. The fraction of sp³-hybridized carbons (Fsp3) is 0.161. The van der Waals surface area contributed by atoms with E-state index < -0.39 is 23.9 Å². The lowest BCUT2D eigenvalue weighted by atomic mass is 10.0. The summed E-state index contributed by atoms with van der Waals surface area (Å²) in [7, 11) is 1.91. The minimum Gasteiger partial charge on any atom is -0.475 e. The molecule has 6 nitrogen and oxygen atoms in total. The molecule has 0 atom stereocenters. The molecule has 0 aliphatic rings. The number of benzene rings is 4. The summed E-state index contributed by atoms with van der Waals surface area (Å²) in [5, 5.41) is 13.7. The standard InChI is InChI=1S/C29H25F3N4.C2HF3O2/c1-33-25-12-5-19(6-13-25)17-34-18-20-3-2-4-23(15-20)21-7-9-22(10-8-21)28-35-26-14-11-24(29(30,31)32)16-27(26)36-28;3-2(4,5)1(6)7/h2-16,33-34H,17-18H2,1H3,(H,35,36);(H,6,7). The molecular weight excluding hydrogens is 574 g/mol. The van der Waals surface area contributed by atoms with Gasteiger partial charge in [0.25, 0.3) is 0 Å². The number of halogens is 6. The Balaban J connectivity index is 0.000000541. The number of carboxylic acid groups (broad SMARTS) is 1. The van der Waals surface area contributed by atoms with Crippen molar-refractivity contribution in [2.24, 2.45) is 0 Å². The molecule has 5 aromatic rings. The van der Waals surface area contributed by atoms with Crippen LogP contribution in [0.2, 0.25) is 0 Å². The second-order valence-corrected chi connectivity index (χ2v) is 9.45. The maximum absolute atomic E-state index is 13.0. The first-order valence-corrected chi connectivity index (χ1v) is 12.9. The Morgan fingerprint density at radius 2 is 1.42 bits per heavy atom. The first-order valence-electron chi connectivity index (χ1n) is 12.9. The van der Waals surface area contributed by atoms with Gasteiger partial charge in [-0.2, -0.15) is 26.3 Å². The molecule has 1 aromatic heterocycles. The Bertz CT molecular complexity index is 1680. The molecular formula is C31H26F6N4O2. The lowest BCUT2D eigenvalue weighted by molar-refractivity contribution is -0.192. The topological polar surface area (TPSA) is 90.0 Å². The summed E-state index contributed by atoms with van der Waals surface area (Å²) in [5.74, 6) is -2.22. The summed E-state index contributed by atoms with van der Waals surface area (Å²) in [6.07, 6.45) is -9.47. The summed E-state index contributed by atoms with van der Waals surface area (Å²) in [6.45, 7) is 1.53.